The number of nitro groups is 1. The number of ether oxygens (including phenoxy) is 3. The molecule has 3 rings (SSSR count). The van der Waals surface area contributed by atoms with E-state index in [1.807, 2.05) is 13.0 Å². The lowest BCUT2D eigenvalue weighted by Crippen LogP contribution is -2.38. The molecule has 2 aromatic rings. The molecule has 1 saturated heterocycles. The van der Waals surface area contributed by atoms with Gasteiger partial charge < -0.3 is 19.5 Å². The monoisotopic (exact) mass is 466 g/mol. The molecule has 1 aliphatic rings. The van der Waals surface area contributed by atoms with Gasteiger partial charge in [-0.1, -0.05) is 6.07 Å². The van der Waals surface area contributed by atoms with Crippen LogP contribution in [0.3, 0.4) is 0 Å². The average molecular weight is 466 g/mol. The minimum Gasteiger partial charge on any atom is -0.490 e. The summed E-state index contributed by atoms with van der Waals surface area (Å²) in [6.45, 7) is 6.77. The van der Waals surface area contributed by atoms with E-state index in [2.05, 4.69) is 10.2 Å². The molecule has 0 aliphatic carbocycles. The second-order valence-corrected chi connectivity index (χ2v) is 7.37. The molecule has 1 amide bonds. The molecule has 10 nitrogen and oxygen atoms in total. The zero-order valence-corrected chi connectivity index (χ0v) is 18.9. The highest BCUT2D eigenvalue weighted by Crippen LogP contribution is 2.29. The van der Waals surface area contributed by atoms with Crippen LogP contribution in [-0.4, -0.2) is 61.8 Å². The van der Waals surface area contributed by atoms with E-state index in [1.54, 1.807) is 18.2 Å². The number of anilines is 1. The molecule has 0 unspecified atom stereocenters. The van der Waals surface area contributed by atoms with Gasteiger partial charge in [-0.15, -0.1) is 0 Å². The molecular weight excluding hydrogens is 440 g/mol. The molecule has 10 heteroatoms. The fourth-order valence-corrected chi connectivity index (χ4v) is 3.29. The van der Waals surface area contributed by atoms with Crippen molar-refractivity contribution in [2.24, 2.45) is 0 Å². The molecule has 0 atom stereocenters. The first kappa shape index (κ1) is 24.7. The first-order valence-corrected chi connectivity index (χ1v) is 10.9. The molecule has 0 radical (unpaired) electrons. The van der Waals surface area contributed by atoms with Crippen molar-refractivity contribution in [2.75, 3.05) is 51.4 Å². The van der Waals surface area contributed by atoms with E-state index in [0.29, 0.717) is 36.0 Å². The van der Waals surface area contributed by atoms with Crippen molar-refractivity contribution in [3.05, 3.63) is 63.7 Å². The van der Waals surface area contributed by atoms with Crippen molar-refractivity contribution in [1.29, 1.82) is 5.26 Å². The van der Waals surface area contributed by atoms with Gasteiger partial charge in [0.15, 0.2) is 11.5 Å². The Balaban J connectivity index is 1.67. The van der Waals surface area contributed by atoms with Crippen LogP contribution in [0.2, 0.25) is 0 Å². The van der Waals surface area contributed by atoms with E-state index < -0.39 is 10.8 Å². The Labute approximate surface area is 197 Å². The van der Waals surface area contributed by atoms with Gasteiger partial charge >= 0.3 is 0 Å². The molecule has 178 valence electrons. The minimum atomic E-state index is -0.625. The summed E-state index contributed by atoms with van der Waals surface area (Å²) in [6.07, 6.45) is 1.45. The molecule has 0 aromatic heterocycles. The summed E-state index contributed by atoms with van der Waals surface area (Å²) in [4.78, 5) is 25.0. The Hall–Kier alpha value is -3.94. The van der Waals surface area contributed by atoms with Crippen molar-refractivity contribution in [2.45, 2.75) is 6.92 Å². The fourth-order valence-electron chi connectivity index (χ4n) is 3.29. The molecule has 0 saturated carbocycles. The lowest BCUT2D eigenvalue weighted by Gasteiger charge is -2.26. The van der Waals surface area contributed by atoms with Crippen LogP contribution in [0.15, 0.2) is 48.0 Å². The Morgan fingerprint density at radius 1 is 1.21 bits per heavy atom. The van der Waals surface area contributed by atoms with Crippen LogP contribution in [-0.2, 0) is 9.53 Å². The van der Waals surface area contributed by atoms with Crippen LogP contribution in [0.1, 0.15) is 12.5 Å². The van der Waals surface area contributed by atoms with E-state index in [9.17, 15) is 20.2 Å². The summed E-state index contributed by atoms with van der Waals surface area (Å²) in [5, 5.41) is 22.8. The number of rotatable bonds is 10. The van der Waals surface area contributed by atoms with Crippen LogP contribution >= 0.6 is 0 Å². The Morgan fingerprint density at radius 3 is 2.59 bits per heavy atom. The highest BCUT2D eigenvalue weighted by Gasteiger charge is 2.14. The summed E-state index contributed by atoms with van der Waals surface area (Å²) >= 11 is 0. The molecular formula is C24H26N4O6. The standard InChI is InChI=1S/C24H26N4O6/c1-2-33-23-16-18(3-8-22(23)34-14-11-27-9-12-32-13-10-27)15-19(17-25)24(29)26-20-4-6-21(7-5-20)28(30)31/h3-8,15-16H,2,9-14H2,1H3,(H,26,29). The number of nitrogens with zero attached hydrogens (tertiary/aromatic N) is 3. The first-order chi connectivity index (χ1) is 16.5. The number of benzene rings is 2. The van der Waals surface area contributed by atoms with Gasteiger partial charge in [0.1, 0.15) is 18.2 Å². The summed E-state index contributed by atoms with van der Waals surface area (Å²) in [5.74, 6) is 0.479. The van der Waals surface area contributed by atoms with Crippen molar-refractivity contribution < 1.29 is 23.9 Å². The number of carbonyl (C=O) groups excluding carboxylic acids is 1. The molecule has 1 N–H and O–H groups in total. The van der Waals surface area contributed by atoms with Crippen molar-refractivity contribution >= 4 is 23.4 Å². The lowest BCUT2D eigenvalue weighted by molar-refractivity contribution is -0.384. The fraction of sp³-hybridized carbons (Fsp3) is 0.333. The van der Waals surface area contributed by atoms with Gasteiger partial charge in [0, 0.05) is 37.5 Å². The number of hydrogen-bond acceptors (Lipinski definition) is 8. The maximum absolute atomic E-state index is 12.5. The predicted octanol–water partition coefficient (Wildman–Crippen LogP) is 3.25. The Kier molecular flexibility index (Phi) is 8.96. The second kappa shape index (κ2) is 12.3. The molecule has 1 aliphatic heterocycles. The number of nitro benzene ring substituents is 1. The third kappa shape index (κ3) is 7.03. The number of carbonyl (C=O) groups is 1. The molecule has 34 heavy (non-hydrogen) atoms. The number of hydrogen-bond donors (Lipinski definition) is 1. The van der Waals surface area contributed by atoms with E-state index in [4.69, 9.17) is 14.2 Å². The van der Waals surface area contributed by atoms with Crippen LogP contribution in [0, 0.1) is 21.4 Å². The minimum absolute atomic E-state index is 0.0928. The maximum Gasteiger partial charge on any atom is 0.269 e. The molecule has 1 heterocycles. The molecule has 1 fully saturated rings. The zero-order chi connectivity index (χ0) is 24.3. The average Bonchev–Trinajstić information content (AvgIpc) is 2.85. The summed E-state index contributed by atoms with van der Waals surface area (Å²) in [5.41, 5.74) is 0.724. The van der Waals surface area contributed by atoms with Crippen molar-refractivity contribution in [1.82, 2.24) is 4.90 Å². The first-order valence-electron chi connectivity index (χ1n) is 10.9. The summed E-state index contributed by atoms with van der Waals surface area (Å²) in [6, 6.07) is 12.4. The number of amides is 1. The van der Waals surface area contributed by atoms with Crippen LogP contribution in [0.25, 0.3) is 6.08 Å². The van der Waals surface area contributed by atoms with Crippen molar-refractivity contribution in [3.8, 4) is 17.6 Å². The Bertz CT molecular complexity index is 1070. The molecule has 0 bridgehead atoms. The van der Waals surface area contributed by atoms with Gasteiger partial charge in [0.2, 0.25) is 0 Å². The van der Waals surface area contributed by atoms with Gasteiger partial charge in [-0.2, -0.15) is 5.26 Å². The SMILES string of the molecule is CCOc1cc(C=C(C#N)C(=O)Nc2ccc([N+](=O)[O-])cc2)ccc1OCCN1CCOCC1. The van der Waals surface area contributed by atoms with Crippen LogP contribution < -0.4 is 14.8 Å². The number of morpholine rings is 1. The summed E-state index contributed by atoms with van der Waals surface area (Å²) in [7, 11) is 0. The van der Waals surface area contributed by atoms with Gasteiger partial charge in [-0.05, 0) is 42.8 Å². The van der Waals surface area contributed by atoms with Crippen LogP contribution in [0.5, 0.6) is 11.5 Å². The second-order valence-electron chi connectivity index (χ2n) is 7.37. The topological polar surface area (TPSA) is 127 Å². The third-order valence-corrected chi connectivity index (χ3v) is 5.05. The number of non-ortho nitro benzene ring substituents is 1. The van der Waals surface area contributed by atoms with E-state index >= 15 is 0 Å². The summed E-state index contributed by atoms with van der Waals surface area (Å²) < 4.78 is 17.0. The molecule has 2 aromatic carbocycles. The molecule has 0 spiro atoms. The van der Waals surface area contributed by atoms with Crippen LogP contribution in [0.4, 0.5) is 11.4 Å². The predicted molar refractivity (Wildman–Crippen MR) is 126 cm³/mol. The third-order valence-electron chi connectivity index (χ3n) is 5.05. The maximum atomic E-state index is 12.5. The number of nitriles is 1. The number of nitrogens with one attached hydrogen (secondary N) is 1. The largest absolute Gasteiger partial charge is 0.490 e. The van der Waals surface area contributed by atoms with E-state index in [0.717, 1.165) is 32.8 Å². The normalized spacial score (nSPS) is 14.2. The van der Waals surface area contributed by atoms with E-state index in [1.165, 1.54) is 30.3 Å². The smallest absolute Gasteiger partial charge is 0.269 e. The Morgan fingerprint density at radius 2 is 1.94 bits per heavy atom. The van der Waals surface area contributed by atoms with E-state index in [-0.39, 0.29) is 11.3 Å². The highest BCUT2D eigenvalue weighted by atomic mass is 16.6. The zero-order valence-electron chi connectivity index (χ0n) is 18.9. The lowest BCUT2D eigenvalue weighted by atomic mass is 10.1. The van der Waals surface area contributed by atoms with Gasteiger partial charge in [0.05, 0.1) is 24.7 Å². The van der Waals surface area contributed by atoms with Crippen molar-refractivity contribution in [3.63, 3.8) is 0 Å². The van der Waals surface area contributed by atoms with Gasteiger partial charge in [-0.25, -0.2) is 0 Å². The van der Waals surface area contributed by atoms with Gasteiger partial charge in [-0.3, -0.25) is 19.8 Å². The van der Waals surface area contributed by atoms with Gasteiger partial charge in [0.25, 0.3) is 11.6 Å². The quantitative estimate of drug-likeness (QED) is 0.245. The highest BCUT2D eigenvalue weighted by molar-refractivity contribution is 6.09.